The lowest BCUT2D eigenvalue weighted by atomic mass is 9.83. The summed E-state index contributed by atoms with van der Waals surface area (Å²) in [6.45, 7) is 3.65. The van der Waals surface area contributed by atoms with Crippen LogP contribution in [0.3, 0.4) is 0 Å². The van der Waals surface area contributed by atoms with Crippen LogP contribution in [0.4, 0.5) is 0 Å². The average Bonchev–Trinajstić information content (AvgIpc) is 3.24. The molecule has 0 saturated carbocycles. The van der Waals surface area contributed by atoms with E-state index in [9.17, 15) is 9.59 Å². The average molecular weight is 727 g/mol. The summed E-state index contributed by atoms with van der Waals surface area (Å²) < 4.78 is 15.3. The first-order valence-corrected chi connectivity index (χ1v) is 15.6. The highest BCUT2D eigenvalue weighted by Gasteiger charge is 2.32. The minimum absolute atomic E-state index is 0.0842. The number of fused-ring (bicyclic) bond motifs is 3. The van der Waals surface area contributed by atoms with Crippen LogP contribution in [0.1, 0.15) is 48.6 Å². The van der Waals surface area contributed by atoms with Gasteiger partial charge in [-0.1, -0.05) is 63.7 Å². The van der Waals surface area contributed by atoms with Gasteiger partial charge in [-0.25, -0.2) is 4.99 Å². The Hall–Kier alpha value is -3.02. The van der Waals surface area contributed by atoms with E-state index in [1.54, 1.807) is 6.07 Å². The van der Waals surface area contributed by atoms with Crippen LogP contribution in [0.25, 0.3) is 11.8 Å². The summed E-state index contributed by atoms with van der Waals surface area (Å²) in [7, 11) is 0. The van der Waals surface area contributed by atoms with Crippen molar-refractivity contribution in [1.29, 1.82) is 0 Å². The summed E-state index contributed by atoms with van der Waals surface area (Å²) in [5.41, 5.74) is 6.31. The lowest BCUT2D eigenvalue weighted by Crippen LogP contribution is -2.38. The topological polar surface area (TPSA) is 69.9 Å². The molecule has 0 N–H and O–H groups in total. The van der Waals surface area contributed by atoms with Gasteiger partial charge in [0.1, 0.15) is 0 Å². The van der Waals surface area contributed by atoms with Crippen molar-refractivity contribution in [2.45, 2.75) is 32.7 Å². The van der Waals surface area contributed by atoms with Gasteiger partial charge in [0.2, 0.25) is 0 Å². The van der Waals surface area contributed by atoms with Crippen LogP contribution >= 0.6 is 49.9 Å². The van der Waals surface area contributed by atoms with Crippen molar-refractivity contribution in [3.63, 3.8) is 0 Å². The van der Waals surface area contributed by atoms with E-state index in [0.717, 1.165) is 43.3 Å². The van der Waals surface area contributed by atoms with Crippen molar-refractivity contribution in [2.75, 3.05) is 6.61 Å². The van der Waals surface area contributed by atoms with Crippen molar-refractivity contribution in [1.82, 2.24) is 4.57 Å². The number of esters is 1. The van der Waals surface area contributed by atoms with E-state index >= 15 is 0 Å². The Kier molecular flexibility index (Phi) is 7.54. The van der Waals surface area contributed by atoms with Crippen molar-refractivity contribution in [2.24, 2.45) is 4.99 Å². The number of carbonyl (C=O) groups is 1. The Bertz CT molecular complexity index is 1870. The van der Waals surface area contributed by atoms with Gasteiger partial charge in [-0.3, -0.25) is 14.2 Å². The Morgan fingerprint density at radius 3 is 2.70 bits per heavy atom. The second-order valence-corrected chi connectivity index (χ2v) is 12.6. The lowest BCUT2D eigenvalue weighted by molar-refractivity contribution is -0.132. The first-order chi connectivity index (χ1) is 19.3. The van der Waals surface area contributed by atoms with Crippen molar-refractivity contribution in [3.8, 4) is 11.5 Å². The number of thiazole rings is 1. The summed E-state index contributed by atoms with van der Waals surface area (Å²) in [5, 5.41) is 0. The third kappa shape index (κ3) is 4.99. The first-order valence-electron chi connectivity index (χ1n) is 12.9. The summed E-state index contributed by atoms with van der Waals surface area (Å²) in [6, 6.07) is 20.0. The van der Waals surface area contributed by atoms with Crippen LogP contribution < -0.4 is 24.4 Å². The largest absolute Gasteiger partial charge is 0.490 e. The highest BCUT2D eigenvalue weighted by atomic mass is 127. The molecule has 6 rings (SSSR count). The zero-order valence-electron chi connectivity index (χ0n) is 21.7. The first kappa shape index (κ1) is 27.2. The molecule has 40 heavy (non-hydrogen) atoms. The monoisotopic (exact) mass is 726 g/mol. The molecule has 9 heteroatoms. The van der Waals surface area contributed by atoms with E-state index in [1.807, 2.05) is 41.8 Å². The maximum absolute atomic E-state index is 14.0. The van der Waals surface area contributed by atoms with Gasteiger partial charge in [0.15, 0.2) is 16.3 Å². The van der Waals surface area contributed by atoms with Gasteiger partial charge in [-0.05, 0) is 95.0 Å². The lowest BCUT2D eigenvalue weighted by Gasteiger charge is -2.30. The molecule has 0 radical (unpaired) electrons. The zero-order valence-corrected chi connectivity index (χ0v) is 26.3. The van der Waals surface area contributed by atoms with E-state index < -0.39 is 5.97 Å². The number of aromatic nitrogens is 1. The SMILES string of the molecule is CCOc1cc(/C=c2/sc3n(c2=O)[C@@H](c2ccc(Br)cc2)C2=C(N=3)c3ccccc3CC2)cc(I)c1OC(C)=O. The standard InChI is InChI=1S/C31H24BrIN2O4S/c1-3-38-25-15-18(14-24(33)29(25)39-17(2)36)16-26-30(37)35-28(20-8-11-21(32)12-9-20)23-13-10-19-6-4-5-7-22(19)27(23)34-31(35)40-26/h4-9,11-12,14-16,28H,3,10,13H2,1-2H3/b26-16+/t28-/m0/s1. The van der Waals surface area contributed by atoms with Gasteiger partial charge in [-0.2, -0.15) is 0 Å². The fraction of sp³-hybridized carbons (Fsp3) is 0.194. The molecule has 0 amide bonds. The minimum Gasteiger partial charge on any atom is -0.490 e. The van der Waals surface area contributed by atoms with E-state index in [1.165, 1.54) is 29.4 Å². The number of hydrogen-bond acceptors (Lipinski definition) is 6. The van der Waals surface area contributed by atoms with Crippen LogP contribution in [0.15, 0.2) is 80.5 Å². The molecule has 0 spiro atoms. The van der Waals surface area contributed by atoms with Gasteiger partial charge in [0, 0.05) is 17.0 Å². The second kappa shape index (κ2) is 11.1. The summed E-state index contributed by atoms with van der Waals surface area (Å²) in [4.78, 5) is 31.5. The van der Waals surface area contributed by atoms with E-state index in [-0.39, 0.29) is 11.6 Å². The number of aryl methyl sites for hydroxylation is 1. The van der Waals surface area contributed by atoms with Gasteiger partial charge < -0.3 is 9.47 Å². The number of nitrogens with zero attached hydrogens (tertiary/aromatic N) is 2. The van der Waals surface area contributed by atoms with E-state index in [0.29, 0.717) is 27.4 Å². The molecule has 1 aliphatic heterocycles. The molecule has 1 atom stereocenters. The molecule has 0 fully saturated rings. The highest BCUT2D eigenvalue weighted by molar-refractivity contribution is 14.1. The van der Waals surface area contributed by atoms with E-state index in [2.05, 4.69) is 68.9 Å². The quantitative estimate of drug-likeness (QED) is 0.144. The molecular weight excluding hydrogens is 703 g/mol. The normalized spacial score (nSPS) is 16.1. The fourth-order valence-corrected chi connectivity index (χ4v) is 7.30. The molecule has 2 aliphatic rings. The molecule has 3 aromatic carbocycles. The summed E-state index contributed by atoms with van der Waals surface area (Å²) in [5.74, 6) is 0.428. The highest BCUT2D eigenvalue weighted by Crippen LogP contribution is 2.41. The number of halogens is 2. The minimum atomic E-state index is -0.418. The third-order valence-electron chi connectivity index (χ3n) is 6.93. The summed E-state index contributed by atoms with van der Waals surface area (Å²) in [6.07, 6.45) is 3.62. The van der Waals surface area contributed by atoms with E-state index in [4.69, 9.17) is 14.5 Å². The van der Waals surface area contributed by atoms with Gasteiger partial charge in [-0.15, -0.1) is 0 Å². The third-order valence-corrected chi connectivity index (χ3v) is 9.25. The number of benzene rings is 3. The molecule has 6 nitrogen and oxygen atoms in total. The van der Waals surface area contributed by atoms with Crippen LogP contribution in [0, 0.1) is 3.57 Å². The van der Waals surface area contributed by atoms with Gasteiger partial charge >= 0.3 is 5.97 Å². The predicted octanol–water partition coefficient (Wildman–Crippen LogP) is 6.01. The molecule has 4 aromatic rings. The van der Waals surface area contributed by atoms with Crippen LogP contribution in [0.2, 0.25) is 0 Å². The maximum atomic E-state index is 14.0. The fourth-order valence-electron chi connectivity index (χ4n) is 5.30. The zero-order chi connectivity index (χ0) is 28.0. The summed E-state index contributed by atoms with van der Waals surface area (Å²) >= 11 is 7.05. The van der Waals surface area contributed by atoms with Crippen LogP contribution in [0.5, 0.6) is 11.5 Å². The number of allylic oxidation sites excluding steroid dienone is 1. The molecule has 1 aromatic heterocycles. The van der Waals surface area contributed by atoms with Crippen LogP contribution in [-0.4, -0.2) is 17.1 Å². The maximum Gasteiger partial charge on any atom is 0.308 e. The Morgan fingerprint density at radius 1 is 1.18 bits per heavy atom. The molecule has 202 valence electrons. The predicted molar refractivity (Wildman–Crippen MR) is 169 cm³/mol. The molecular formula is C31H24BrIN2O4S. The number of hydrogen-bond donors (Lipinski definition) is 0. The van der Waals surface area contributed by atoms with Crippen LogP contribution in [-0.2, 0) is 11.2 Å². The molecule has 1 aliphatic carbocycles. The Balaban J connectivity index is 1.55. The molecule has 2 heterocycles. The number of carbonyl (C=O) groups excluding carboxylic acids is 1. The smallest absolute Gasteiger partial charge is 0.308 e. The van der Waals surface area contributed by atoms with Gasteiger partial charge in [0.25, 0.3) is 5.56 Å². The van der Waals surface area contributed by atoms with Crippen molar-refractivity contribution in [3.05, 3.63) is 116 Å². The molecule has 0 bridgehead atoms. The number of ether oxygens (including phenoxy) is 2. The Labute approximate surface area is 257 Å². The number of rotatable bonds is 5. The Morgan fingerprint density at radius 2 is 1.95 bits per heavy atom. The molecule has 0 unspecified atom stereocenters. The van der Waals surface area contributed by atoms with Crippen molar-refractivity contribution >= 4 is 67.6 Å². The van der Waals surface area contributed by atoms with Crippen molar-refractivity contribution < 1.29 is 14.3 Å². The molecule has 0 saturated heterocycles. The van der Waals surface area contributed by atoms with Gasteiger partial charge in [0.05, 0.1) is 26.4 Å². The second-order valence-electron chi connectivity index (χ2n) is 9.52.